The fourth-order valence-electron chi connectivity index (χ4n) is 2.42. The Kier molecular flexibility index (Phi) is 3.96. The van der Waals surface area contributed by atoms with E-state index in [1.807, 2.05) is 0 Å². The van der Waals surface area contributed by atoms with E-state index in [1.165, 1.54) is 20.0 Å². The van der Waals surface area contributed by atoms with Crippen LogP contribution in [-0.2, 0) is 11.8 Å². The summed E-state index contributed by atoms with van der Waals surface area (Å²) in [6.07, 6.45) is 0. The van der Waals surface area contributed by atoms with Crippen LogP contribution >= 0.6 is 0 Å². The van der Waals surface area contributed by atoms with Crippen LogP contribution < -0.4 is 5.56 Å². The molecule has 9 nitrogen and oxygen atoms in total. The minimum atomic E-state index is -0.781. The molecule has 0 aliphatic carbocycles. The summed E-state index contributed by atoms with van der Waals surface area (Å²) in [5.74, 6) is -0.971. The summed E-state index contributed by atoms with van der Waals surface area (Å²) < 4.78 is 1.05. The Morgan fingerprint density at radius 1 is 1.17 bits per heavy atom. The lowest BCUT2D eigenvalue weighted by Crippen LogP contribution is -2.20. The minimum Gasteiger partial charge on any atom is -0.305 e. The largest absolute Gasteiger partial charge is 0.305 e. The van der Waals surface area contributed by atoms with Gasteiger partial charge in [-0.1, -0.05) is 6.92 Å². The van der Waals surface area contributed by atoms with Crippen molar-refractivity contribution in [2.24, 2.45) is 7.05 Å². The Morgan fingerprint density at radius 3 is 2.26 bits per heavy atom. The standard InChI is InChI=1S/C14H13N3O6/c1-7(8(2)18)10-6-13(19)15(3)14-11(10)4-9(16(20)21)5-12(14)17(22)23/h4-7H,1-3H3. The highest BCUT2D eigenvalue weighted by molar-refractivity contribution is 5.96. The van der Waals surface area contributed by atoms with Gasteiger partial charge in [-0.15, -0.1) is 0 Å². The molecule has 1 unspecified atom stereocenters. The molecule has 23 heavy (non-hydrogen) atoms. The molecular formula is C14H13N3O6. The van der Waals surface area contributed by atoms with E-state index in [-0.39, 0.29) is 22.2 Å². The number of rotatable bonds is 4. The van der Waals surface area contributed by atoms with Crippen LogP contribution in [0.25, 0.3) is 10.9 Å². The molecule has 0 amide bonds. The van der Waals surface area contributed by atoms with E-state index in [0.29, 0.717) is 0 Å². The van der Waals surface area contributed by atoms with Crippen LogP contribution in [0.15, 0.2) is 23.0 Å². The van der Waals surface area contributed by atoms with Gasteiger partial charge in [0.15, 0.2) is 0 Å². The van der Waals surface area contributed by atoms with E-state index in [4.69, 9.17) is 0 Å². The van der Waals surface area contributed by atoms with Crippen molar-refractivity contribution in [1.82, 2.24) is 4.57 Å². The normalized spacial score (nSPS) is 12.1. The number of Topliss-reactive ketones (excluding diaryl/α,β-unsaturated/α-hetero) is 1. The predicted octanol–water partition coefficient (Wildman–Crippen LogP) is 2.05. The molecule has 1 heterocycles. The maximum atomic E-state index is 12.1. The second kappa shape index (κ2) is 5.59. The highest BCUT2D eigenvalue weighted by Gasteiger charge is 2.26. The Labute approximate surface area is 129 Å². The first-order valence-electron chi connectivity index (χ1n) is 6.62. The van der Waals surface area contributed by atoms with E-state index < -0.39 is 32.7 Å². The number of nitro groups is 2. The number of nitro benzene ring substituents is 2. The van der Waals surface area contributed by atoms with E-state index in [0.717, 1.165) is 16.7 Å². The zero-order valence-electron chi connectivity index (χ0n) is 12.6. The van der Waals surface area contributed by atoms with Gasteiger partial charge in [-0.05, 0) is 12.5 Å². The summed E-state index contributed by atoms with van der Waals surface area (Å²) in [6, 6.07) is 3.14. The average Bonchev–Trinajstić information content (AvgIpc) is 2.48. The van der Waals surface area contributed by atoms with Crippen molar-refractivity contribution in [2.45, 2.75) is 19.8 Å². The molecule has 0 fully saturated rings. The lowest BCUT2D eigenvalue weighted by molar-refractivity contribution is -0.393. The zero-order valence-corrected chi connectivity index (χ0v) is 12.6. The van der Waals surface area contributed by atoms with Crippen molar-refractivity contribution in [1.29, 1.82) is 0 Å². The Bertz CT molecular complexity index is 915. The van der Waals surface area contributed by atoms with Gasteiger partial charge in [-0.2, -0.15) is 0 Å². The Morgan fingerprint density at radius 2 is 1.78 bits per heavy atom. The van der Waals surface area contributed by atoms with Crippen molar-refractivity contribution in [2.75, 3.05) is 0 Å². The third kappa shape index (κ3) is 2.68. The minimum absolute atomic E-state index is 0.0452. The summed E-state index contributed by atoms with van der Waals surface area (Å²) in [5.41, 5.74) is -1.36. The van der Waals surface area contributed by atoms with Crippen LogP contribution in [0.2, 0.25) is 0 Å². The SMILES string of the molecule is CC(=O)C(C)c1cc(=O)n(C)c2c([N+](=O)[O-])cc([N+](=O)[O-])cc12. The van der Waals surface area contributed by atoms with Gasteiger partial charge in [0.1, 0.15) is 11.3 Å². The molecule has 0 aliphatic rings. The van der Waals surface area contributed by atoms with E-state index in [1.54, 1.807) is 6.92 Å². The highest BCUT2D eigenvalue weighted by atomic mass is 16.6. The number of aryl methyl sites for hydroxylation is 1. The van der Waals surface area contributed by atoms with Gasteiger partial charge in [-0.25, -0.2) is 0 Å². The van der Waals surface area contributed by atoms with Gasteiger partial charge in [0.05, 0.1) is 15.9 Å². The molecule has 0 N–H and O–H groups in total. The Balaban J connectivity index is 3.08. The number of aromatic nitrogens is 1. The van der Waals surface area contributed by atoms with Crippen molar-refractivity contribution < 1.29 is 14.6 Å². The first kappa shape index (κ1) is 16.3. The number of fused-ring (bicyclic) bond motifs is 1. The number of hydrogen-bond acceptors (Lipinski definition) is 6. The third-order valence-electron chi connectivity index (χ3n) is 3.81. The van der Waals surface area contributed by atoms with Crippen LogP contribution in [0.1, 0.15) is 25.3 Å². The van der Waals surface area contributed by atoms with Crippen molar-refractivity contribution in [3.05, 3.63) is 54.3 Å². The van der Waals surface area contributed by atoms with Gasteiger partial charge in [0.25, 0.3) is 16.9 Å². The lowest BCUT2D eigenvalue weighted by Gasteiger charge is -2.14. The zero-order chi connectivity index (χ0) is 17.5. The summed E-state index contributed by atoms with van der Waals surface area (Å²) >= 11 is 0. The molecule has 1 aromatic carbocycles. The fourth-order valence-corrected chi connectivity index (χ4v) is 2.42. The molecular weight excluding hydrogens is 306 g/mol. The second-order valence-corrected chi connectivity index (χ2v) is 5.20. The third-order valence-corrected chi connectivity index (χ3v) is 3.81. The number of nitrogens with zero attached hydrogens (tertiary/aromatic N) is 3. The number of benzene rings is 1. The van der Waals surface area contributed by atoms with E-state index in [9.17, 15) is 29.8 Å². The summed E-state index contributed by atoms with van der Waals surface area (Å²) in [7, 11) is 1.34. The molecule has 2 aromatic rings. The van der Waals surface area contributed by atoms with Crippen LogP contribution in [0, 0.1) is 20.2 Å². The van der Waals surface area contributed by atoms with Crippen LogP contribution in [0.4, 0.5) is 11.4 Å². The number of pyridine rings is 1. The van der Waals surface area contributed by atoms with E-state index >= 15 is 0 Å². The predicted molar refractivity (Wildman–Crippen MR) is 81.6 cm³/mol. The van der Waals surface area contributed by atoms with Crippen LogP contribution in [0.3, 0.4) is 0 Å². The molecule has 1 aromatic heterocycles. The summed E-state index contributed by atoms with van der Waals surface area (Å²) in [4.78, 5) is 44.5. The molecule has 0 saturated carbocycles. The van der Waals surface area contributed by atoms with Crippen LogP contribution in [-0.4, -0.2) is 20.2 Å². The van der Waals surface area contributed by atoms with Gasteiger partial charge in [0.2, 0.25) is 0 Å². The molecule has 0 radical (unpaired) electrons. The molecule has 9 heteroatoms. The molecule has 0 bridgehead atoms. The first-order chi connectivity index (χ1) is 10.6. The second-order valence-electron chi connectivity index (χ2n) is 5.20. The fraction of sp³-hybridized carbons (Fsp3) is 0.286. The number of non-ortho nitro benzene ring substituents is 2. The lowest BCUT2D eigenvalue weighted by atomic mass is 9.93. The van der Waals surface area contributed by atoms with Crippen molar-refractivity contribution in [3.63, 3.8) is 0 Å². The number of carbonyl (C=O) groups is 1. The van der Waals surface area contributed by atoms with Gasteiger partial charge in [0, 0.05) is 30.5 Å². The molecule has 120 valence electrons. The maximum Gasteiger partial charge on any atom is 0.300 e. The number of ketones is 1. The summed E-state index contributed by atoms with van der Waals surface area (Å²) in [6.45, 7) is 2.86. The van der Waals surface area contributed by atoms with Gasteiger partial charge >= 0.3 is 0 Å². The summed E-state index contributed by atoms with van der Waals surface area (Å²) in [5, 5.41) is 22.5. The number of hydrogen-bond donors (Lipinski definition) is 0. The molecule has 0 spiro atoms. The first-order valence-corrected chi connectivity index (χ1v) is 6.62. The average molecular weight is 319 g/mol. The van der Waals surface area contributed by atoms with Crippen molar-refractivity contribution >= 4 is 28.1 Å². The van der Waals surface area contributed by atoms with Gasteiger partial charge < -0.3 is 4.57 Å². The maximum absolute atomic E-state index is 12.1. The topological polar surface area (TPSA) is 125 Å². The van der Waals surface area contributed by atoms with Crippen molar-refractivity contribution in [3.8, 4) is 0 Å². The molecule has 0 saturated heterocycles. The molecule has 1 atom stereocenters. The monoisotopic (exact) mass is 319 g/mol. The van der Waals surface area contributed by atoms with Gasteiger partial charge in [-0.3, -0.25) is 29.8 Å². The van der Waals surface area contributed by atoms with Crippen LogP contribution in [0.5, 0.6) is 0 Å². The smallest absolute Gasteiger partial charge is 0.300 e. The Hall–Kier alpha value is -3.10. The van der Waals surface area contributed by atoms with E-state index in [2.05, 4.69) is 0 Å². The quantitative estimate of drug-likeness (QED) is 0.627. The highest BCUT2D eigenvalue weighted by Crippen LogP contribution is 2.34. The number of carbonyl (C=O) groups excluding carboxylic acids is 1. The molecule has 0 aliphatic heterocycles. The molecule has 2 rings (SSSR count).